The molecule has 1 atom stereocenters. The van der Waals surface area contributed by atoms with Crippen molar-refractivity contribution in [2.24, 2.45) is 11.3 Å². The first-order valence-corrected chi connectivity index (χ1v) is 9.32. The Bertz CT molecular complexity index is 385. The molecule has 3 aliphatic rings. The van der Waals surface area contributed by atoms with Crippen LogP contribution < -0.4 is 10.6 Å². The fraction of sp³-hybridized carbons (Fsp3) is 0.944. The minimum absolute atomic E-state index is 0.0832. The maximum atomic E-state index is 12.6. The zero-order valence-electron chi connectivity index (χ0n) is 14.1. The molecule has 1 spiro atoms. The summed E-state index contributed by atoms with van der Waals surface area (Å²) >= 11 is 0. The average Bonchev–Trinajstić information content (AvgIpc) is 3.25. The number of carbonyl (C=O) groups is 1. The van der Waals surface area contributed by atoms with Crippen LogP contribution in [0.2, 0.25) is 0 Å². The molecule has 4 heteroatoms. The van der Waals surface area contributed by atoms with E-state index >= 15 is 0 Å². The van der Waals surface area contributed by atoms with Gasteiger partial charge in [-0.2, -0.15) is 0 Å². The van der Waals surface area contributed by atoms with E-state index in [4.69, 9.17) is 4.74 Å². The molecule has 126 valence electrons. The number of piperidine rings is 1. The maximum absolute atomic E-state index is 12.6. The molecule has 22 heavy (non-hydrogen) atoms. The van der Waals surface area contributed by atoms with Gasteiger partial charge in [0.2, 0.25) is 5.91 Å². The second-order valence-corrected chi connectivity index (χ2v) is 7.68. The Labute approximate surface area is 134 Å². The van der Waals surface area contributed by atoms with Gasteiger partial charge in [0.25, 0.3) is 0 Å². The van der Waals surface area contributed by atoms with Gasteiger partial charge in [0.05, 0.1) is 5.60 Å². The number of amides is 1. The Morgan fingerprint density at radius 2 is 1.91 bits per heavy atom. The highest BCUT2D eigenvalue weighted by Gasteiger charge is 2.57. The second kappa shape index (κ2) is 6.88. The third-order valence-electron chi connectivity index (χ3n) is 6.07. The van der Waals surface area contributed by atoms with Crippen LogP contribution in [0.15, 0.2) is 0 Å². The summed E-state index contributed by atoms with van der Waals surface area (Å²) in [5.74, 6) is 0.549. The van der Waals surface area contributed by atoms with Crippen molar-refractivity contribution in [2.45, 2.75) is 70.3 Å². The quantitative estimate of drug-likeness (QED) is 0.793. The SMILES string of the molecule is CCCOC1(CNC(=O)C2CC23CCNCC3)CCCCC1. The van der Waals surface area contributed by atoms with Crippen molar-refractivity contribution in [1.82, 2.24) is 10.6 Å². The number of rotatable bonds is 6. The summed E-state index contributed by atoms with van der Waals surface area (Å²) in [6.07, 6.45) is 10.5. The highest BCUT2D eigenvalue weighted by Crippen LogP contribution is 2.58. The molecular formula is C18H32N2O2. The molecule has 4 nitrogen and oxygen atoms in total. The highest BCUT2D eigenvalue weighted by molar-refractivity contribution is 5.82. The van der Waals surface area contributed by atoms with E-state index in [2.05, 4.69) is 17.6 Å². The minimum Gasteiger partial charge on any atom is -0.373 e. The van der Waals surface area contributed by atoms with Gasteiger partial charge in [0.1, 0.15) is 0 Å². The van der Waals surface area contributed by atoms with Gasteiger partial charge in [-0.05, 0) is 57.0 Å². The van der Waals surface area contributed by atoms with Gasteiger partial charge in [-0.1, -0.05) is 26.2 Å². The van der Waals surface area contributed by atoms with E-state index in [0.717, 1.165) is 51.9 Å². The van der Waals surface area contributed by atoms with E-state index in [-0.39, 0.29) is 17.4 Å². The topological polar surface area (TPSA) is 50.4 Å². The lowest BCUT2D eigenvalue weighted by molar-refractivity contribution is -0.126. The summed E-state index contributed by atoms with van der Waals surface area (Å²) < 4.78 is 6.18. The third kappa shape index (κ3) is 3.48. The molecule has 0 radical (unpaired) electrons. The predicted octanol–water partition coefficient (Wildman–Crippen LogP) is 2.62. The molecule has 1 unspecified atom stereocenters. The van der Waals surface area contributed by atoms with Crippen LogP contribution in [-0.4, -0.2) is 37.7 Å². The molecule has 0 aromatic carbocycles. The number of nitrogens with one attached hydrogen (secondary N) is 2. The Hall–Kier alpha value is -0.610. The second-order valence-electron chi connectivity index (χ2n) is 7.68. The smallest absolute Gasteiger partial charge is 0.223 e. The van der Waals surface area contributed by atoms with Gasteiger partial charge in [0.15, 0.2) is 0 Å². The molecule has 2 aliphatic carbocycles. The van der Waals surface area contributed by atoms with Crippen molar-refractivity contribution in [3.05, 3.63) is 0 Å². The summed E-state index contributed by atoms with van der Waals surface area (Å²) in [5.41, 5.74) is 0.249. The molecular weight excluding hydrogens is 276 g/mol. The predicted molar refractivity (Wildman–Crippen MR) is 87.7 cm³/mol. The minimum atomic E-state index is -0.0832. The summed E-state index contributed by atoms with van der Waals surface area (Å²) in [5, 5.41) is 6.65. The molecule has 1 aliphatic heterocycles. The van der Waals surface area contributed by atoms with E-state index in [0.29, 0.717) is 5.41 Å². The summed E-state index contributed by atoms with van der Waals surface area (Å²) in [7, 11) is 0. The Morgan fingerprint density at radius 1 is 1.18 bits per heavy atom. The van der Waals surface area contributed by atoms with Crippen LogP contribution >= 0.6 is 0 Å². The molecule has 2 saturated carbocycles. The van der Waals surface area contributed by atoms with E-state index in [1.807, 2.05) is 0 Å². The molecule has 2 N–H and O–H groups in total. The number of ether oxygens (including phenoxy) is 1. The number of carbonyl (C=O) groups excluding carboxylic acids is 1. The van der Waals surface area contributed by atoms with Crippen molar-refractivity contribution >= 4 is 5.91 Å². The average molecular weight is 308 g/mol. The van der Waals surface area contributed by atoms with Gasteiger partial charge in [-0.15, -0.1) is 0 Å². The lowest BCUT2D eigenvalue weighted by Gasteiger charge is -2.37. The van der Waals surface area contributed by atoms with Crippen LogP contribution in [0.3, 0.4) is 0 Å². The number of hydrogen-bond donors (Lipinski definition) is 2. The van der Waals surface area contributed by atoms with Crippen LogP contribution in [0.5, 0.6) is 0 Å². The third-order valence-corrected chi connectivity index (χ3v) is 6.07. The molecule has 0 bridgehead atoms. The van der Waals surface area contributed by atoms with Gasteiger partial charge < -0.3 is 15.4 Å². The van der Waals surface area contributed by atoms with Crippen molar-refractivity contribution < 1.29 is 9.53 Å². The lowest BCUT2D eigenvalue weighted by Crippen LogP contribution is -2.47. The van der Waals surface area contributed by atoms with Gasteiger partial charge in [0, 0.05) is 19.1 Å². The highest BCUT2D eigenvalue weighted by atomic mass is 16.5. The molecule has 0 aromatic rings. The van der Waals surface area contributed by atoms with Crippen LogP contribution in [0, 0.1) is 11.3 Å². The first-order chi connectivity index (χ1) is 10.7. The van der Waals surface area contributed by atoms with E-state index in [1.165, 1.54) is 32.1 Å². The number of hydrogen-bond acceptors (Lipinski definition) is 3. The van der Waals surface area contributed by atoms with Gasteiger partial charge in [-0.3, -0.25) is 4.79 Å². The zero-order chi connectivity index (χ0) is 15.5. The Kier molecular flexibility index (Phi) is 5.08. The van der Waals surface area contributed by atoms with Crippen molar-refractivity contribution in [2.75, 3.05) is 26.2 Å². The van der Waals surface area contributed by atoms with E-state index in [9.17, 15) is 4.79 Å². The van der Waals surface area contributed by atoms with Crippen LogP contribution in [0.1, 0.15) is 64.7 Å². The fourth-order valence-electron chi connectivity index (χ4n) is 4.45. The molecule has 0 aromatic heterocycles. The summed E-state index contributed by atoms with van der Waals surface area (Å²) in [4.78, 5) is 12.6. The monoisotopic (exact) mass is 308 g/mol. The molecule has 3 fully saturated rings. The summed E-state index contributed by atoms with van der Waals surface area (Å²) in [6.45, 7) is 5.84. The zero-order valence-corrected chi connectivity index (χ0v) is 14.1. The van der Waals surface area contributed by atoms with Crippen molar-refractivity contribution in [3.8, 4) is 0 Å². The normalized spacial score (nSPS) is 29.2. The fourth-order valence-corrected chi connectivity index (χ4v) is 4.45. The summed E-state index contributed by atoms with van der Waals surface area (Å²) in [6, 6.07) is 0. The van der Waals surface area contributed by atoms with Crippen LogP contribution in [0.4, 0.5) is 0 Å². The van der Waals surface area contributed by atoms with Crippen LogP contribution in [-0.2, 0) is 9.53 Å². The standard InChI is InChI=1S/C18H32N2O2/c1-2-12-22-18(6-4-3-5-7-18)14-20-16(21)15-13-17(15)8-10-19-11-9-17/h15,19H,2-14H2,1H3,(H,20,21). The Morgan fingerprint density at radius 3 is 2.59 bits per heavy atom. The van der Waals surface area contributed by atoms with Crippen LogP contribution in [0.25, 0.3) is 0 Å². The first kappa shape index (κ1) is 16.3. The first-order valence-electron chi connectivity index (χ1n) is 9.32. The Balaban J connectivity index is 1.50. The van der Waals surface area contributed by atoms with E-state index in [1.54, 1.807) is 0 Å². The van der Waals surface area contributed by atoms with Crippen molar-refractivity contribution in [3.63, 3.8) is 0 Å². The van der Waals surface area contributed by atoms with Gasteiger partial charge >= 0.3 is 0 Å². The molecule has 1 heterocycles. The van der Waals surface area contributed by atoms with E-state index < -0.39 is 0 Å². The van der Waals surface area contributed by atoms with Gasteiger partial charge in [-0.25, -0.2) is 0 Å². The maximum Gasteiger partial charge on any atom is 0.223 e. The van der Waals surface area contributed by atoms with Crippen molar-refractivity contribution in [1.29, 1.82) is 0 Å². The molecule has 1 amide bonds. The molecule has 1 saturated heterocycles. The molecule has 3 rings (SSSR count). The largest absolute Gasteiger partial charge is 0.373 e. The lowest BCUT2D eigenvalue weighted by atomic mass is 9.84.